The van der Waals surface area contributed by atoms with E-state index in [0.717, 1.165) is 16.5 Å². The minimum absolute atomic E-state index is 0.0490. The van der Waals surface area contributed by atoms with Crippen molar-refractivity contribution >= 4 is 16.7 Å². The first kappa shape index (κ1) is 18.5. The Kier molecular flexibility index (Phi) is 4.45. The largest absolute Gasteiger partial charge is 0.421 e. The van der Waals surface area contributed by atoms with E-state index in [9.17, 15) is 5.11 Å². The van der Waals surface area contributed by atoms with E-state index in [-0.39, 0.29) is 5.89 Å². The van der Waals surface area contributed by atoms with Crippen LogP contribution in [0.4, 0.5) is 5.82 Å². The molecule has 0 saturated carbocycles. The molecule has 4 rings (SSSR count). The molecule has 0 amide bonds. The molecule has 0 spiro atoms. The van der Waals surface area contributed by atoms with Crippen molar-refractivity contribution in [1.29, 1.82) is 0 Å². The molecule has 144 valence electrons. The molecule has 0 fully saturated rings. The lowest BCUT2D eigenvalue weighted by Crippen LogP contribution is -2.19. The maximum Gasteiger partial charge on any atom is 0.260 e. The molecule has 0 bridgehead atoms. The zero-order valence-electron chi connectivity index (χ0n) is 16.1. The third kappa shape index (κ3) is 3.63. The highest BCUT2D eigenvalue weighted by Gasteiger charge is 2.27. The Morgan fingerprint density at radius 2 is 1.97 bits per heavy atom. The van der Waals surface area contributed by atoms with Crippen molar-refractivity contribution in [3.05, 3.63) is 59.6 Å². The number of aliphatic hydroxyl groups is 1. The normalized spacial score (nSPS) is 13.0. The van der Waals surface area contributed by atoms with Crippen molar-refractivity contribution < 1.29 is 9.52 Å². The van der Waals surface area contributed by atoms with Gasteiger partial charge < -0.3 is 15.3 Å². The highest BCUT2D eigenvalue weighted by atomic mass is 16.4. The lowest BCUT2D eigenvalue weighted by molar-refractivity contribution is 0.0881. The van der Waals surface area contributed by atoms with E-state index < -0.39 is 5.60 Å². The average molecular weight is 386 g/mol. The fourth-order valence-corrected chi connectivity index (χ4v) is 2.81. The Labute approximate surface area is 166 Å². The Hall–Kier alpha value is -3.83. The van der Waals surface area contributed by atoms with E-state index >= 15 is 0 Å². The van der Waals surface area contributed by atoms with Crippen molar-refractivity contribution in [2.24, 2.45) is 0 Å². The first-order valence-corrected chi connectivity index (χ1v) is 8.88. The Morgan fingerprint density at radius 1 is 1.14 bits per heavy atom. The summed E-state index contributed by atoms with van der Waals surface area (Å²) in [4.78, 5) is 13.1. The van der Waals surface area contributed by atoms with Gasteiger partial charge in [-0.15, -0.1) is 10.2 Å². The van der Waals surface area contributed by atoms with Gasteiger partial charge in [0.25, 0.3) is 5.89 Å². The van der Waals surface area contributed by atoms with Crippen LogP contribution in [0.25, 0.3) is 22.3 Å². The second-order valence-electron chi connectivity index (χ2n) is 6.80. The van der Waals surface area contributed by atoms with Crippen molar-refractivity contribution in [3.63, 3.8) is 0 Å². The molecule has 0 aliphatic carbocycles. The van der Waals surface area contributed by atoms with Crippen LogP contribution in [-0.2, 0) is 5.60 Å². The molecule has 4 aromatic rings. The zero-order valence-corrected chi connectivity index (χ0v) is 16.1. The number of benzene rings is 1. The van der Waals surface area contributed by atoms with Crippen molar-refractivity contribution in [2.75, 3.05) is 5.73 Å². The van der Waals surface area contributed by atoms with E-state index in [1.54, 1.807) is 25.4 Å². The summed E-state index contributed by atoms with van der Waals surface area (Å²) >= 11 is 0. The first-order valence-electron chi connectivity index (χ1n) is 8.88. The van der Waals surface area contributed by atoms with Gasteiger partial charge in [-0.2, -0.15) is 0 Å². The third-order valence-electron chi connectivity index (χ3n) is 4.40. The van der Waals surface area contributed by atoms with Gasteiger partial charge in [-0.25, -0.2) is 9.97 Å². The monoisotopic (exact) mass is 386 g/mol. The van der Waals surface area contributed by atoms with E-state index in [2.05, 4.69) is 37.0 Å². The van der Waals surface area contributed by atoms with Crippen molar-refractivity contribution in [2.45, 2.75) is 26.4 Å². The van der Waals surface area contributed by atoms with Gasteiger partial charge in [0.1, 0.15) is 5.82 Å². The second kappa shape index (κ2) is 6.96. The first-order chi connectivity index (χ1) is 13.8. The van der Waals surface area contributed by atoms with E-state index in [1.807, 2.05) is 25.1 Å². The molecule has 0 aliphatic rings. The Balaban J connectivity index is 1.75. The van der Waals surface area contributed by atoms with Crippen LogP contribution in [0.2, 0.25) is 0 Å². The molecule has 0 radical (unpaired) electrons. The smallest absolute Gasteiger partial charge is 0.260 e. The number of rotatable bonds is 2. The van der Waals surface area contributed by atoms with Crippen LogP contribution in [0.15, 0.2) is 41.1 Å². The van der Waals surface area contributed by atoms with Crippen LogP contribution in [-0.4, -0.2) is 30.3 Å². The molecule has 3 N–H and O–H groups in total. The van der Waals surface area contributed by atoms with Gasteiger partial charge >= 0.3 is 0 Å². The van der Waals surface area contributed by atoms with Crippen LogP contribution >= 0.6 is 0 Å². The molecule has 8 heteroatoms. The summed E-state index contributed by atoms with van der Waals surface area (Å²) in [6.07, 6.45) is 3.30. The summed E-state index contributed by atoms with van der Waals surface area (Å²) in [6.45, 7) is 5.11. The lowest BCUT2D eigenvalue weighted by Gasteiger charge is -2.10. The Bertz CT molecular complexity index is 1280. The summed E-state index contributed by atoms with van der Waals surface area (Å²) < 4.78 is 5.29. The summed E-state index contributed by atoms with van der Waals surface area (Å²) in [5.41, 5.74) is 7.64. The molecule has 3 aromatic heterocycles. The predicted molar refractivity (Wildman–Crippen MR) is 107 cm³/mol. The number of aryl methyl sites for hydroxylation is 2. The number of nitrogens with two attached hydrogens (primary N) is 1. The fourth-order valence-electron chi connectivity index (χ4n) is 2.81. The molecular weight excluding hydrogens is 368 g/mol. The molecule has 1 aromatic carbocycles. The molecule has 0 unspecified atom stereocenters. The number of fused-ring (bicyclic) bond motifs is 1. The van der Waals surface area contributed by atoms with Gasteiger partial charge in [-0.05, 0) is 37.6 Å². The zero-order chi connectivity index (χ0) is 20.6. The van der Waals surface area contributed by atoms with Gasteiger partial charge in [0.2, 0.25) is 11.5 Å². The molecule has 0 aliphatic heterocycles. The summed E-state index contributed by atoms with van der Waals surface area (Å²) in [6, 6.07) is 7.41. The highest BCUT2D eigenvalue weighted by molar-refractivity contribution is 5.89. The number of nitrogens with zero attached hydrogens (tertiary/aromatic N) is 5. The van der Waals surface area contributed by atoms with Crippen LogP contribution in [0.3, 0.4) is 0 Å². The fraction of sp³-hybridized carbons (Fsp3) is 0.190. The molecule has 3 heterocycles. The SMILES string of the molecule is Cc1nnc([C@](C)(O)C#Cc2ccc(C)c(-c3nc(N)c4ccncc4n3)c2)o1. The van der Waals surface area contributed by atoms with Gasteiger partial charge in [0.15, 0.2) is 5.82 Å². The lowest BCUT2D eigenvalue weighted by atomic mass is 10.0. The number of hydrogen-bond acceptors (Lipinski definition) is 8. The minimum atomic E-state index is -1.57. The van der Waals surface area contributed by atoms with Crippen LogP contribution in [0.5, 0.6) is 0 Å². The topological polar surface area (TPSA) is 124 Å². The number of anilines is 1. The summed E-state index contributed by atoms with van der Waals surface area (Å²) in [5.74, 6) is 7.02. The van der Waals surface area contributed by atoms with Crippen molar-refractivity contribution in [3.8, 4) is 23.2 Å². The van der Waals surface area contributed by atoms with Gasteiger partial charge in [0, 0.05) is 29.6 Å². The quantitative estimate of drug-likeness (QED) is 0.504. The maximum absolute atomic E-state index is 10.5. The van der Waals surface area contributed by atoms with Gasteiger partial charge in [-0.3, -0.25) is 4.98 Å². The van der Waals surface area contributed by atoms with E-state index in [0.29, 0.717) is 28.6 Å². The van der Waals surface area contributed by atoms with Crippen LogP contribution in [0.1, 0.15) is 29.8 Å². The standard InChI is InChI=1S/C21H18N6O2/c1-12-4-5-14(6-8-21(3,28)20-27-26-13(2)29-20)10-16(12)19-24-17-11-23-9-7-15(17)18(22)25-19/h4-5,7,9-11,28H,1-3H3,(H2,22,24,25)/t21-/m1/s1. The number of pyridine rings is 1. The Morgan fingerprint density at radius 3 is 2.72 bits per heavy atom. The second-order valence-corrected chi connectivity index (χ2v) is 6.80. The summed E-state index contributed by atoms with van der Waals surface area (Å²) in [5, 5.41) is 18.9. The van der Waals surface area contributed by atoms with E-state index in [1.165, 1.54) is 6.92 Å². The molecule has 1 atom stereocenters. The van der Waals surface area contributed by atoms with Gasteiger partial charge in [0.05, 0.1) is 11.7 Å². The highest BCUT2D eigenvalue weighted by Crippen LogP contribution is 2.26. The number of nitrogen functional groups attached to an aromatic ring is 1. The maximum atomic E-state index is 10.5. The summed E-state index contributed by atoms with van der Waals surface area (Å²) in [7, 11) is 0. The number of hydrogen-bond donors (Lipinski definition) is 2. The number of aromatic nitrogens is 5. The molecule has 29 heavy (non-hydrogen) atoms. The van der Waals surface area contributed by atoms with Crippen molar-refractivity contribution in [1.82, 2.24) is 25.1 Å². The molecule has 8 nitrogen and oxygen atoms in total. The third-order valence-corrected chi connectivity index (χ3v) is 4.40. The van der Waals surface area contributed by atoms with E-state index in [4.69, 9.17) is 10.2 Å². The van der Waals surface area contributed by atoms with Crippen LogP contribution < -0.4 is 5.73 Å². The predicted octanol–water partition coefficient (Wildman–Crippen LogP) is 2.53. The molecule has 0 saturated heterocycles. The molecular formula is C21H18N6O2. The van der Waals surface area contributed by atoms with Gasteiger partial charge in [-0.1, -0.05) is 17.9 Å². The average Bonchev–Trinajstić information content (AvgIpc) is 3.15. The minimum Gasteiger partial charge on any atom is -0.421 e. The van der Waals surface area contributed by atoms with Crippen LogP contribution in [0, 0.1) is 25.7 Å².